The number of ether oxygens (including phenoxy) is 2. The Morgan fingerprint density at radius 1 is 1.21 bits per heavy atom. The predicted molar refractivity (Wildman–Crippen MR) is 58.4 cm³/mol. The summed E-state index contributed by atoms with van der Waals surface area (Å²) < 4.78 is 44.1. The molecule has 0 aromatic heterocycles. The molecule has 0 saturated carbocycles. The number of hydrogen-bond donors (Lipinski definition) is 1. The number of hydroxylamine groups is 1. The first kappa shape index (κ1) is 15.3. The average Bonchev–Trinajstić information content (AvgIpc) is 2.33. The molecule has 5 nitrogen and oxygen atoms in total. The molecule has 0 atom stereocenters. The zero-order chi connectivity index (χ0) is 14.3. The summed E-state index contributed by atoms with van der Waals surface area (Å²) in [4.78, 5) is 16.2. The van der Waals surface area contributed by atoms with Gasteiger partial charge in [0, 0.05) is 12.7 Å². The van der Waals surface area contributed by atoms with Gasteiger partial charge in [-0.1, -0.05) is 0 Å². The molecule has 1 rings (SSSR count). The largest absolute Gasteiger partial charge is 0.573 e. The second-order valence-electron chi connectivity index (χ2n) is 3.34. The lowest BCUT2D eigenvalue weighted by molar-refractivity contribution is -0.274. The van der Waals surface area contributed by atoms with Crippen molar-refractivity contribution in [1.82, 2.24) is 5.48 Å². The second kappa shape index (κ2) is 6.95. The smallest absolute Gasteiger partial charge is 0.406 e. The zero-order valence-corrected chi connectivity index (χ0v) is 9.99. The van der Waals surface area contributed by atoms with E-state index in [9.17, 15) is 18.0 Å². The molecule has 0 saturated heterocycles. The summed E-state index contributed by atoms with van der Waals surface area (Å²) in [5, 5.41) is 0. The van der Waals surface area contributed by atoms with Gasteiger partial charge >= 0.3 is 6.36 Å². The standard InChI is InChI=1S/C11H12F3NO4/c1-17-6-7-18-15-10(16)8-2-4-9(5-3-8)19-11(12,13)14/h2-5H,6-7H2,1H3,(H,15,16). The number of amides is 1. The Kier molecular flexibility index (Phi) is 5.58. The molecule has 19 heavy (non-hydrogen) atoms. The molecule has 0 aliphatic heterocycles. The molecule has 0 aliphatic carbocycles. The quantitative estimate of drug-likeness (QED) is 0.638. The van der Waals surface area contributed by atoms with Gasteiger partial charge < -0.3 is 9.47 Å². The Labute approximate surface area is 107 Å². The fraction of sp³-hybridized carbons (Fsp3) is 0.364. The van der Waals surface area contributed by atoms with E-state index in [1.54, 1.807) is 0 Å². The molecule has 0 fully saturated rings. The summed E-state index contributed by atoms with van der Waals surface area (Å²) in [7, 11) is 1.48. The van der Waals surface area contributed by atoms with Crippen LogP contribution in [0.3, 0.4) is 0 Å². The van der Waals surface area contributed by atoms with E-state index in [0.717, 1.165) is 12.1 Å². The Balaban J connectivity index is 2.49. The minimum atomic E-state index is -4.76. The fourth-order valence-corrected chi connectivity index (χ4v) is 1.11. The summed E-state index contributed by atoms with van der Waals surface area (Å²) in [5.41, 5.74) is 2.26. The number of methoxy groups -OCH3 is 1. The van der Waals surface area contributed by atoms with Crippen LogP contribution in [-0.2, 0) is 9.57 Å². The van der Waals surface area contributed by atoms with Gasteiger partial charge in [-0.15, -0.1) is 13.2 Å². The van der Waals surface area contributed by atoms with Crippen LogP contribution in [0, 0.1) is 0 Å². The molecule has 1 aromatic rings. The third kappa shape index (κ3) is 6.07. The van der Waals surface area contributed by atoms with Crippen molar-refractivity contribution in [3.05, 3.63) is 29.8 Å². The van der Waals surface area contributed by atoms with E-state index >= 15 is 0 Å². The molecule has 0 spiro atoms. The van der Waals surface area contributed by atoms with Gasteiger partial charge in [-0.05, 0) is 24.3 Å². The van der Waals surface area contributed by atoms with E-state index < -0.39 is 18.0 Å². The second-order valence-corrected chi connectivity index (χ2v) is 3.34. The molecule has 8 heteroatoms. The van der Waals surface area contributed by atoms with Gasteiger partial charge in [0.05, 0.1) is 13.2 Å². The maximum absolute atomic E-state index is 11.9. The molecular weight excluding hydrogens is 267 g/mol. The van der Waals surface area contributed by atoms with Crippen LogP contribution in [0.1, 0.15) is 10.4 Å². The molecule has 0 aliphatic rings. The Morgan fingerprint density at radius 3 is 2.37 bits per heavy atom. The summed E-state index contributed by atoms with van der Waals surface area (Å²) in [5.74, 6) is -0.973. The van der Waals surface area contributed by atoms with Crippen molar-refractivity contribution in [1.29, 1.82) is 0 Å². The topological polar surface area (TPSA) is 56.8 Å². The Hall–Kier alpha value is -1.80. The lowest BCUT2D eigenvalue weighted by atomic mass is 10.2. The van der Waals surface area contributed by atoms with Gasteiger partial charge in [0.1, 0.15) is 5.75 Å². The van der Waals surface area contributed by atoms with Gasteiger partial charge in [0.15, 0.2) is 0 Å². The molecule has 1 aromatic carbocycles. The number of halogens is 3. The summed E-state index contributed by atoms with van der Waals surface area (Å²) in [6.45, 7) is 0.468. The van der Waals surface area contributed by atoms with Crippen LogP contribution in [0.2, 0.25) is 0 Å². The third-order valence-corrected chi connectivity index (χ3v) is 1.90. The molecule has 0 bridgehead atoms. The Bertz CT molecular complexity index is 405. The normalized spacial score (nSPS) is 11.2. The number of hydrogen-bond acceptors (Lipinski definition) is 4. The highest BCUT2D eigenvalue weighted by Crippen LogP contribution is 2.22. The van der Waals surface area contributed by atoms with E-state index in [1.807, 2.05) is 0 Å². The van der Waals surface area contributed by atoms with Crippen LogP contribution < -0.4 is 10.2 Å². The number of benzene rings is 1. The van der Waals surface area contributed by atoms with Gasteiger partial charge in [-0.2, -0.15) is 0 Å². The van der Waals surface area contributed by atoms with Crippen LogP contribution >= 0.6 is 0 Å². The van der Waals surface area contributed by atoms with Crippen molar-refractivity contribution in [2.24, 2.45) is 0 Å². The van der Waals surface area contributed by atoms with Crippen molar-refractivity contribution in [2.45, 2.75) is 6.36 Å². The van der Waals surface area contributed by atoms with Crippen molar-refractivity contribution < 1.29 is 32.3 Å². The minimum absolute atomic E-state index is 0.145. The van der Waals surface area contributed by atoms with E-state index in [-0.39, 0.29) is 12.2 Å². The van der Waals surface area contributed by atoms with Crippen molar-refractivity contribution in [3.63, 3.8) is 0 Å². The van der Waals surface area contributed by atoms with E-state index in [0.29, 0.717) is 6.61 Å². The van der Waals surface area contributed by atoms with Gasteiger partial charge in [0.25, 0.3) is 5.91 Å². The lowest BCUT2D eigenvalue weighted by Gasteiger charge is -2.09. The van der Waals surface area contributed by atoms with Crippen LogP contribution in [0.5, 0.6) is 5.75 Å². The van der Waals surface area contributed by atoms with E-state index in [1.165, 1.54) is 19.2 Å². The molecule has 1 amide bonds. The van der Waals surface area contributed by atoms with Crippen molar-refractivity contribution in [2.75, 3.05) is 20.3 Å². The van der Waals surface area contributed by atoms with Crippen molar-refractivity contribution >= 4 is 5.91 Å². The third-order valence-electron chi connectivity index (χ3n) is 1.90. The molecule has 106 valence electrons. The van der Waals surface area contributed by atoms with Crippen LogP contribution in [0.25, 0.3) is 0 Å². The number of carbonyl (C=O) groups excluding carboxylic acids is 1. The highest BCUT2D eigenvalue weighted by atomic mass is 19.4. The average molecular weight is 279 g/mol. The molecular formula is C11H12F3NO4. The lowest BCUT2D eigenvalue weighted by Crippen LogP contribution is -2.25. The van der Waals surface area contributed by atoms with Gasteiger partial charge in [-0.25, -0.2) is 5.48 Å². The highest BCUT2D eigenvalue weighted by Gasteiger charge is 2.31. The highest BCUT2D eigenvalue weighted by molar-refractivity contribution is 5.93. The zero-order valence-electron chi connectivity index (χ0n) is 9.99. The first-order valence-corrected chi connectivity index (χ1v) is 5.19. The molecule has 0 radical (unpaired) electrons. The van der Waals surface area contributed by atoms with E-state index in [2.05, 4.69) is 10.2 Å². The predicted octanol–water partition coefficient (Wildman–Crippen LogP) is 1.89. The first-order valence-electron chi connectivity index (χ1n) is 5.19. The van der Waals surface area contributed by atoms with Gasteiger partial charge in [-0.3, -0.25) is 9.63 Å². The maximum Gasteiger partial charge on any atom is 0.573 e. The number of nitrogens with one attached hydrogen (secondary N) is 1. The molecule has 0 unspecified atom stereocenters. The number of rotatable bonds is 6. The van der Waals surface area contributed by atoms with Crippen LogP contribution in [0.4, 0.5) is 13.2 Å². The monoisotopic (exact) mass is 279 g/mol. The van der Waals surface area contributed by atoms with Crippen LogP contribution in [-0.4, -0.2) is 32.6 Å². The van der Waals surface area contributed by atoms with E-state index in [4.69, 9.17) is 9.57 Å². The summed E-state index contributed by atoms with van der Waals surface area (Å²) in [6, 6.07) is 4.46. The molecule has 0 heterocycles. The van der Waals surface area contributed by atoms with Gasteiger partial charge in [0.2, 0.25) is 0 Å². The minimum Gasteiger partial charge on any atom is -0.406 e. The van der Waals surface area contributed by atoms with Crippen molar-refractivity contribution in [3.8, 4) is 5.75 Å². The first-order chi connectivity index (χ1) is 8.92. The fourth-order valence-electron chi connectivity index (χ4n) is 1.11. The maximum atomic E-state index is 11.9. The summed E-state index contributed by atoms with van der Waals surface area (Å²) >= 11 is 0. The molecule has 1 N–H and O–H groups in total. The Morgan fingerprint density at radius 2 is 1.84 bits per heavy atom. The summed E-state index contributed by atoms with van der Waals surface area (Å²) in [6.07, 6.45) is -4.76. The SMILES string of the molecule is COCCONC(=O)c1ccc(OC(F)(F)F)cc1. The number of carbonyl (C=O) groups is 1. The van der Waals surface area contributed by atoms with Crippen LogP contribution in [0.15, 0.2) is 24.3 Å². The number of alkyl halides is 3.